The third-order valence-electron chi connectivity index (χ3n) is 4.02. The van der Waals surface area contributed by atoms with Crippen LogP contribution in [0.1, 0.15) is 25.3 Å². The fraction of sp³-hybridized carbons (Fsp3) is 0.500. The molecule has 0 radical (unpaired) electrons. The van der Waals surface area contributed by atoms with Gasteiger partial charge >= 0.3 is 0 Å². The Labute approximate surface area is 147 Å². The van der Waals surface area contributed by atoms with Crippen LogP contribution in [-0.4, -0.2) is 49.2 Å². The van der Waals surface area contributed by atoms with Crippen molar-refractivity contribution in [2.75, 3.05) is 18.1 Å². The minimum absolute atomic E-state index is 0.0149. The Hall–Kier alpha value is -1.60. The van der Waals surface area contributed by atoms with Gasteiger partial charge in [-0.15, -0.1) is 0 Å². The number of benzene rings is 1. The quantitative estimate of drug-likeness (QED) is 0.765. The highest BCUT2D eigenvalue weighted by atomic mass is 35.5. The third kappa shape index (κ3) is 5.21. The fourth-order valence-electron chi connectivity index (χ4n) is 2.76. The van der Waals surface area contributed by atoms with Gasteiger partial charge in [0.1, 0.15) is 6.42 Å². The first-order valence-electron chi connectivity index (χ1n) is 7.82. The number of halogens is 1. The number of hydrogen-bond acceptors (Lipinski definition) is 4. The molecule has 1 unspecified atom stereocenters. The van der Waals surface area contributed by atoms with Gasteiger partial charge in [-0.1, -0.05) is 23.7 Å². The molecule has 1 heterocycles. The maximum absolute atomic E-state index is 12.3. The monoisotopic (exact) mass is 372 g/mol. The lowest BCUT2D eigenvalue weighted by molar-refractivity contribution is -0.137. The summed E-state index contributed by atoms with van der Waals surface area (Å²) >= 11 is 5.80. The van der Waals surface area contributed by atoms with Crippen LogP contribution in [0.15, 0.2) is 24.3 Å². The molecule has 1 aromatic rings. The van der Waals surface area contributed by atoms with Crippen LogP contribution >= 0.6 is 11.6 Å². The summed E-state index contributed by atoms with van der Waals surface area (Å²) in [5.41, 5.74) is 0.884. The smallest absolute Gasteiger partial charge is 0.232 e. The molecule has 0 aliphatic carbocycles. The molecule has 2 rings (SSSR count). The maximum Gasteiger partial charge on any atom is 0.232 e. The molecule has 0 bridgehead atoms. The van der Waals surface area contributed by atoms with E-state index in [-0.39, 0.29) is 35.8 Å². The van der Waals surface area contributed by atoms with Crippen molar-refractivity contribution in [3.63, 3.8) is 0 Å². The highest BCUT2D eigenvalue weighted by molar-refractivity contribution is 7.91. The van der Waals surface area contributed by atoms with Crippen molar-refractivity contribution >= 4 is 33.3 Å². The standard InChI is InChI=1S/C16H21ClN2O4S/c1-2-19(14-7-8-24(22,23)11-14)16(21)9-15(20)18-10-12-3-5-13(17)6-4-12/h3-6,14H,2,7-11H2,1H3,(H,18,20). The highest BCUT2D eigenvalue weighted by Gasteiger charge is 2.34. The van der Waals surface area contributed by atoms with E-state index < -0.39 is 9.84 Å². The normalized spacial score (nSPS) is 19.0. The fourth-order valence-corrected chi connectivity index (χ4v) is 4.62. The number of nitrogens with one attached hydrogen (secondary N) is 1. The van der Waals surface area contributed by atoms with Crippen LogP contribution in [-0.2, 0) is 26.0 Å². The maximum atomic E-state index is 12.3. The van der Waals surface area contributed by atoms with Crippen molar-refractivity contribution < 1.29 is 18.0 Å². The van der Waals surface area contributed by atoms with Crippen molar-refractivity contribution in [1.29, 1.82) is 0 Å². The third-order valence-corrected chi connectivity index (χ3v) is 6.03. The van der Waals surface area contributed by atoms with Crippen LogP contribution in [0.3, 0.4) is 0 Å². The van der Waals surface area contributed by atoms with Crippen LogP contribution in [0.5, 0.6) is 0 Å². The Morgan fingerprint density at radius 3 is 2.50 bits per heavy atom. The highest BCUT2D eigenvalue weighted by Crippen LogP contribution is 2.18. The van der Waals surface area contributed by atoms with E-state index in [1.54, 1.807) is 31.2 Å². The minimum atomic E-state index is -3.07. The average Bonchev–Trinajstić information content (AvgIpc) is 2.87. The molecule has 0 aromatic heterocycles. The summed E-state index contributed by atoms with van der Waals surface area (Å²) in [7, 11) is -3.07. The first-order valence-corrected chi connectivity index (χ1v) is 10.0. The number of nitrogens with zero attached hydrogens (tertiary/aromatic N) is 1. The van der Waals surface area contributed by atoms with Crippen LogP contribution in [0.2, 0.25) is 5.02 Å². The van der Waals surface area contributed by atoms with Gasteiger partial charge in [0.2, 0.25) is 11.8 Å². The van der Waals surface area contributed by atoms with Crippen molar-refractivity contribution in [2.45, 2.75) is 32.4 Å². The Morgan fingerprint density at radius 1 is 1.29 bits per heavy atom. The molecule has 132 valence electrons. The van der Waals surface area contributed by atoms with E-state index in [0.717, 1.165) is 5.56 Å². The Bertz CT molecular complexity index is 703. The second kappa shape index (κ2) is 7.98. The zero-order valence-corrected chi connectivity index (χ0v) is 15.1. The summed E-state index contributed by atoms with van der Waals surface area (Å²) in [4.78, 5) is 25.7. The SMILES string of the molecule is CCN(C(=O)CC(=O)NCc1ccc(Cl)cc1)C1CCS(=O)(=O)C1. The average molecular weight is 373 g/mol. The zero-order valence-electron chi connectivity index (χ0n) is 13.5. The molecule has 1 N–H and O–H groups in total. The predicted octanol–water partition coefficient (Wildman–Crippen LogP) is 1.38. The topological polar surface area (TPSA) is 83.6 Å². The number of carbonyl (C=O) groups excluding carboxylic acids is 2. The van der Waals surface area contributed by atoms with Gasteiger partial charge in [-0.3, -0.25) is 9.59 Å². The van der Waals surface area contributed by atoms with Crippen LogP contribution in [0, 0.1) is 0 Å². The summed E-state index contributed by atoms with van der Waals surface area (Å²) in [6.45, 7) is 2.49. The molecule has 6 nitrogen and oxygen atoms in total. The van der Waals surface area contributed by atoms with E-state index in [2.05, 4.69) is 5.32 Å². The summed E-state index contributed by atoms with van der Waals surface area (Å²) < 4.78 is 23.1. The van der Waals surface area contributed by atoms with E-state index in [1.165, 1.54) is 4.90 Å². The van der Waals surface area contributed by atoms with Crippen LogP contribution in [0.25, 0.3) is 0 Å². The van der Waals surface area contributed by atoms with Crippen molar-refractivity contribution in [1.82, 2.24) is 10.2 Å². The molecule has 24 heavy (non-hydrogen) atoms. The molecule has 0 spiro atoms. The Balaban J connectivity index is 1.85. The van der Waals surface area contributed by atoms with Gasteiger partial charge in [0.15, 0.2) is 9.84 Å². The van der Waals surface area contributed by atoms with Gasteiger partial charge in [-0.2, -0.15) is 0 Å². The summed E-state index contributed by atoms with van der Waals surface area (Å²) in [6, 6.07) is 6.73. The van der Waals surface area contributed by atoms with Gasteiger partial charge in [-0.25, -0.2) is 8.42 Å². The van der Waals surface area contributed by atoms with Gasteiger partial charge in [0, 0.05) is 24.2 Å². The summed E-state index contributed by atoms with van der Waals surface area (Å²) in [5, 5.41) is 3.30. The molecule has 1 aliphatic heterocycles. The lowest BCUT2D eigenvalue weighted by Crippen LogP contribution is -2.43. The molecule has 8 heteroatoms. The Morgan fingerprint density at radius 2 is 1.96 bits per heavy atom. The molecule has 1 aromatic carbocycles. The lowest BCUT2D eigenvalue weighted by Gasteiger charge is -2.26. The van der Waals surface area contributed by atoms with E-state index in [0.29, 0.717) is 24.5 Å². The lowest BCUT2D eigenvalue weighted by atomic mass is 10.2. The molecule has 1 aliphatic rings. The first-order chi connectivity index (χ1) is 11.3. The van der Waals surface area contributed by atoms with Crippen molar-refractivity contribution in [3.8, 4) is 0 Å². The minimum Gasteiger partial charge on any atom is -0.352 e. The Kier molecular flexibility index (Phi) is 6.23. The molecule has 1 fully saturated rings. The number of rotatable bonds is 6. The van der Waals surface area contributed by atoms with Gasteiger partial charge < -0.3 is 10.2 Å². The largest absolute Gasteiger partial charge is 0.352 e. The van der Waals surface area contributed by atoms with Gasteiger partial charge in [-0.05, 0) is 31.0 Å². The van der Waals surface area contributed by atoms with Gasteiger partial charge in [0.05, 0.1) is 11.5 Å². The predicted molar refractivity (Wildman–Crippen MR) is 92.4 cm³/mol. The molecular weight excluding hydrogens is 352 g/mol. The number of sulfone groups is 1. The van der Waals surface area contributed by atoms with E-state index in [1.807, 2.05) is 0 Å². The summed E-state index contributed by atoms with van der Waals surface area (Å²) in [6.07, 6.45) is 0.159. The van der Waals surface area contributed by atoms with Crippen molar-refractivity contribution in [2.24, 2.45) is 0 Å². The molecule has 0 saturated carbocycles. The second-order valence-corrected chi connectivity index (χ2v) is 8.48. The number of hydrogen-bond donors (Lipinski definition) is 1. The van der Waals surface area contributed by atoms with E-state index in [9.17, 15) is 18.0 Å². The van der Waals surface area contributed by atoms with E-state index in [4.69, 9.17) is 11.6 Å². The number of carbonyl (C=O) groups is 2. The van der Waals surface area contributed by atoms with Crippen LogP contribution < -0.4 is 5.32 Å². The molecule has 1 atom stereocenters. The zero-order chi connectivity index (χ0) is 17.7. The first kappa shape index (κ1) is 18.7. The molecular formula is C16H21ClN2O4S. The van der Waals surface area contributed by atoms with Crippen LogP contribution in [0.4, 0.5) is 0 Å². The molecule has 2 amide bonds. The molecule has 1 saturated heterocycles. The van der Waals surface area contributed by atoms with Crippen molar-refractivity contribution in [3.05, 3.63) is 34.9 Å². The second-order valence-electron chi connectivity index (χ2n) is 5.82. The number of amides is 2. The van der Waals surface area contributed by atoms with Gasteiger partial charge in [0.25, 0.3) is 0 Å². The summed E-state index contributed by atoms with van der Waals surface area (Å²) in [5.74, 6) is -0.633. The van der Waals surface area contributed by atoms with E-state index >= 15 is 0 Å².